The largest absolute Gasteiger partial charge is 0.387 e. The lowest BCUT2D eigenvalue weighted by molar-refractivity contribution is -0.388. The molecule has 34 heavy (non-hydrogen) atoms. The van der Waals surface area contributed by atoms with Crippen LogP contribution >= 0.6 is 0 Å². The molecule has 2 aromatic carbocycles. The molecule has 1 aliphatic heterocycles. The van der Waals surface area contributed by atoms with Gasteiger partial charge in [0.15, 0.2) is 0 Å². The number of nitrogens with one attached hydrogen (secondary N) is 2. The van der Waals surface area contributed by atoms with Crippen LogP contribution in [0.5, 0.6) is 0 Å². The topological polar surface area (TPSA) is 113 Å². The summed E-state index contributed by atoms with van der Waals surface area (Å²) in [6.45, 7) is 3.75. The van der Waals surface area contributed by atoms with Gasteiger partial charge in [0.1, 0.15) is 11.9 Å². The summed E-state index contributed by atoms with van der Waals surface area (Å²) in [6, 6.07) is 18.6. The Morgan fingerprint density at radius 1 is 0.971 bits per heavy atom. The maximum atomic E-state index is 13.0. The lowest BCUT2D eigenvalue weighted by atomic mass is 10.1. The van der Waals surface area contributed by atoms with Crippen molar-refractivity contribution in [2.24, 2.45) is 0 Å². The van der Waals surface area contributed by atoms with Gasteiger partial charge in [-0.15, -0.1) is 0 Å². The molecule has 2 aromatic heterocycles. The second-order valence-corrected chi connectivity index (χ2v) is 8.01. The molecule has 0 atom stereocenters. The number of aromatic nitrogens is 2. The number of amides is 1. The number of pyridine rings is 2. The minimum atomic E-state index is -0.610. The van der Waals surface area contributed by atoms with Gasteiger partial charge in [0.05, 0.1) is 11.1 Å². The zero-order valence-electron chi connectivity index (χ0n) is 18.3. The predicted molar refractivity (Wildman–Crippen MR) is 131 cm³/mol. The molecule has 5 rings (SSSR count). The summed E-state index contributed by atoms with van der Waals surface area (Å²) in [5.41, 5.74) is 3.73. The second-order valence-electron chi connectivity index (χ2n) is 8.01. The third-order valence-corrected chi connectivity index (χ3v) is 5.81. The van der Waals surface area contributed by atoms with E-state index >= 15 is 0 Å². The number of nitrogens with zero attached hydrogens (tertiary/aromatic N) is 4. The van der Waals surface area contributed by atoms with Crippen LogP contribution in [0.3, 0.4) is 0 Å². The molecule has 170 valence electrons. The van der Waals surface area contributed by atoms with E-state index in [1.807, 2.05) is 48.5 Å². The highest BCUT2D eigenvalue weighted by Crippen LogP contribution is 2.29. The number of benzene rings is 2. The van der Waals surface area contributed by atoms with Crippen LogP contribution in [0.25, 0.3) is 22.0 Å². The van der Waals surface area contributed by atoms with Crippen LogP contribution in [-0.4, -0.2) is 47.0 Å². The molecule has 9 nitrogen and oxygen atoms in total. The van der Waals surface area contributed by atoms with Gasteiger partial charge in [-0.2, -0.15) is 0 Å². The first-order valence-corrected chi connectivity index (χ1v) is 11.0. The molecule has 0 aliphatic carbocycles. The fourth-order valence-electron chi connectivity index (χ4n) is 4.03. The van der Waals surface area contributed by atoms with Crippen molar-refractivity contribution < 1.29 is 9.72 Å². The number of fused-ring (bicyclic) bond motifs is 1. The zero-order chi connectivity index (χ0) is 23.5. The molecule has 0 unspecified atom stereocenters. The van der Waals surface area contributed by atoms with Gasteiger partial charge < -0.3 is 25.6 Å². The van der Waals surface area contributed by atoms with Crippen molar-refractivity contribution in [2.75, 3.05) is 36.4 Å². The highest BCUT2D eigenvalue weighted by atomic mass is 16.6. The number of anilines is 2. The molecule has 1 aliphatic rings. The van der Waals surface area contributed by atoms with Crippen LogP contribution < -0.4 is 15.5 Å². The maximum absolute atomic E-state index is 13.0. The first kappa shape index (κ1) is 21.5. The van der Waals surface area contributed by atoms with Crippen LogP contribution in [0, 0.1) is 10.1 Å². The van der Waals surface area contributed by atoms with Crippen molar-refractivity contribution >= 4 is 34.0 Å². The van der Waals surface area contributed by atoms with Crippen molar-refractivity contribution in [1.82, 2.24) is 15.3 Å². The van der Waals surface area contributed by atoms with Gasteiger partial charge in [0.2, 0.25) is 0 Å². The molecule has 1 saturated heterocycles. The van der Waals surface area contributed by atoms with Crippen LogP contribution in [0.15, 0.2) is 73.1 Å². The highest BCUT2D eigenvalue weighted by molar-refractivity contribution is 6.07. The molecule has 0 radical (unpaired) electrons. The van der Waals surface area contributed by atoms with E-state index < -0.39 is 16.6 Å². The monoisotopic (exact) mass is 454 g/mol. The van der Waals surface area contributed by atoms with E-state index in [9.17, 15) is 14.9 Å². The van der Waals surface area contributed by atoms with Gasteiger partial charge in [-0.25, -0.2) is 0 Å². The fourth-order valence-corrected chi connectivity index (χ4v) is 4.03. The minimum absolute atomic E-state index is 0.0329. The Hall–Kier alpha value is -4.37. The summed E-state index contributed by atoms with van der Waals surface area (Å²) in [4.78, 5) is 34.6. The summed E-state index contributed by atoms with van der Waals surface area (Å²) in [6.07, 6.45) is 2.91. The Morgan fingerprint density at radius 3 is 2.53 bits per heavy atom. The predicted octanol–water partition coefficient (Wildman–Crippen LogP) is 3.87. The third-order valence-electron chi connectivity index (χ3n) is 5.81. The molecule has 0 spiro atoms. The summed E-state index contributed by atoms with van der Waals surface area (Å²) in [7, 11) is 0. The van der Waals surface area contributed by atoms with Gasteiger partial charge >= 0.3 is 5.82 Å². The van der Waals surface area contributed by atoms with E-state index in [1.165, 1.54) is 12.4 Å². The lowest BCUT2D eigenvalue weighted by Gasteiger charge is -2.29. The lowest BCUT2D eigenvalue weighted by Crippen LogP contribution is -2.43. The molecule has 1 fully saturated rings. The molecule has 2 N–H and O–H groups in total. The summed E-state index contributed by atoms with van der Waals surface area (Å²) >= 11 is 0. The summed E-state index contributed by atoms with van der Waals surface area (Å²) in [5, 5.41) is 18.3. The molecule has 1 amide bonds. The number of piperazine rings is 1. The van der Waals surface area contributed by atoms with Gasteiger partial charge in [-0.1, -0.05) is 36.4 Å². The van der Waals surface area contributed by atoms with Gasteiger partial charge in [0, 0.05) is 49.0 Å². The second kappa shape index (κ2) is 9.24. The van der Waals surface area contributed by atoms with Crippen molar-refractivity contribution in [3.05, 3.63) is 88.7 Å². The van der Waals surface area contributed by atoms with Crippen molar-refractivity contribution in [3.8, 4) is 11.1 Å². The number of hydrogen-bond acceptors (Lipinski definition) is 7. The molecule has 0 saturated carbocycles. The van der Waals surface area contributed by atoms with E-state index in [0.717, 1.165) is 48.3 Å². The number of carbonyl (C=O) groups excluding carboxylic acids is 1. The fraction of sp³-hybridized carbons (Fsp3) is 0.160. The van der Waals surface area contributed by atoms with Crippen LogP contribution in [0.4, 0.5) is 17.2 Å². The van der Waals surface area contributed by atoms with Gasteiger partial charge in [-0.3, -0.25) is 9.78 Å². The van der Waals surface area contributed by atoms with Gasteiger partial charge in [-0.05, 0) is 39.7 Å². The summed E-state index contributed by atoms with van der Waals surface area (Å²) < 4.78 is 0. The molecule has 4 aromatic rings. The first-order chi connectivity index (χ1) is 16.6. The Labute approximate surface area is 195 Å². The summed E-state index contributed by atoms with van der Waals surface area (Å²) in [5.74, 6) is -0.905. The van der Waals surface area contributed by atoms with E-state index in [4.69, 9.17) is 0 Å². The van der Waals surface area contributed by atoms with Crippen molar-refractivity contribution in [3.63, 3.8) is 0 Å². The number of hydrogen-bond donors (Lipinski definition) is 2. The Morgan fingerprint density at radius 2 is 1.76 bits per heavy atom. The average molecular weight is 454 g/mol. The Bertz CT molecular complexity index is 1370. The molecular formula is C25H22N6O3. The Kier molecular flexibility index (Phi) is 5.84. The zero-order valence-corrected chi connectivity index (χ0v) is 18.3. The smallest absolute Gasteiger partial charge is 0.369 e. The van der Waals surface area contributed by atoms with E-state index in [2.05, 4.69) is 25.5 Å². The van der Waals surface area contributed by atoms with Crippen LogP contribution in [-0.2, 0) is 0 Å². The minimum Gasteiger partial charge on any atom is -0.369 e. The third kappa shape index (κ3) is 4.41. The number of rotatable bonds is 5. The standard InChI is InChI=1S/C25H22N6O3/c32-25(29-23-13-19(15-28-24(23)31(33)34)17-4-2-1-3-5-17)20-12-18-6-7-21(14-22(18)27-16-20)30-10-8-26-9-11-30/h1-7,12-16,26H,8-11H2,(H,29,32). The van der Waals surface area contributed by atoms with E-state index in [0.29, 0.717) is 11.1 Å². The van der Waals surface area contributed by atoms with Crippen LogP contribution in [0.1, 0.15) is 10.4 Å². The quantitative estimate of drug-likeness (QED) is 0.348. The van der Waals surface area contributed by atoms with Crippen LogP contribution in [0.2, 0.25) is 0 Å². The molecule has 0 bridgehead atoms. The molecular weight excluding hydrogens is 432 g/mol. The number of nitro groups is 1. The maximum Gasteiger partial charge on any atom is 0.387 e. The number of carbonyl (C=O) groups is 1. The van der Waals surface area contributed by atoms with Gasteiger partial charge in [0.25, 0.3) is 5.91 Å². The highest BCUT2D eigenvalue weighted by Gasteiger charge is 2.20. The van der Waals surface area contributed by atoms with Crippen molar-refractivity contribution in [2.45, 2.75) is 0 Å². The Balaban J connectivity index is 1.42. The SMILES string of the molecule is O=C(Nc1cc(-c2ccccc2)cnc1[N+](=O)[O-])c1cnc2cc(N3CCNCC3)ccc2c1. The normalized spacial score (nSPS) is 13.6. The average Bonchev–Trinajstić information content (AvgIpc) is 2.89. The van der Waals surface area contributed by atoms with E-state index in [1.54, 1.807) is 12.1 Å². The van der Waals surface area contributed by atoms with E-state index in [-0.39, 0.29) is 5.69 Å². The molecule has 3 heterocycles. The first-order valence-electron chi connectivity index (χ1n) is 11.0. The molecule has 9 heteroatoms. The van der Waals surface area contributed by atoms with Crippen molar-refractivity contribution in [1.29, 1.82) is 0 Å².